The third-order valence-corrected chi connectivity index (χ3v) is 5.25. The number of ether oxygens (including phenoxy) is 1. The minimum Gasteiger partial charge on any atom is -0.378 e. The summed E-state index contributed by atoms with van der Waals surface area (Å²) >= 11 is 6.19. The van der Waals surface area contributed by atoms with Crippen molar-refractivity contribution in [3.8, 4) is 0 Å². The van der Waals surface area contributed by atoms with Crippen LogP contribution in [0.5, 0.6) is 0 Å². The molecular weight excluding hydrogens is 404 g/mol. The van der Waals surface area contributed by atoms with Gasteiger partial charge in [-0.25, -0.2) is 4.98 Å². The number of halogens is 1. The summed E-state index contributed by atoms with van der Waals surface area (Å²) in [4.78, 5) is 31.5. The summed E-state index contributed by atoms with van der Waals surface area (Å²) in [5.41, 5.74) is 1.56. The number of benzene rings is 1. The van der Waals surface area contributed by atoms with E-state index in [1.54, 1.807) is 12.3 Å². The number of aromatic nitrogens is 2. The molecule has 1 aromatic carbocycles. The molecule has 30 heavy (non-hydrogen) atoms. The number of nitrogens with one attached hydrogen (secondary N) is 1. The van der Waals surface area contributed by atoms with Crippen LogP contribution in [0.25, 0.3) is 0 Å². The second-order valence-corrected chi connectivity index (χ2v) is 7.34. The van der Waals surface area contributed by atoms with Gasteiger partial charge in [0.05, 0.1) is 37.2 Å². The Balaban J connectivity index is 1.47. The molecule has 154 valence electrons. The second-order valence-electron chi connectivity index (χ2n) is 6.93. The lowest BCUT2D eigenvalue weighted by Crippen LogP contribution is -2.36. The summed E-state index contributed by atoms with van der Waals surface area (Å²) in [6, 6.07) is 13.9. The maximum atomic E-state index is 12.7. The molecule has 1 N–H and O–H groups in total. The third kappa shape index (κ3) is 4.69. The number of hydrogen-bond donors (Lipinski definition) is 1. The summed E-state index contributed by atoms with van der Waals surface area (Å²) in [5.74, 6) is 0.536. The fourth-order valence-electron chi connectivity index (χ4n) is 3.24. The predicted octanol–water partition coefficient (Wildman–Crippen LogP) is 3.03. The third-order valence-electron chi connectivity index (χ3n) is 4.88. The number of pyridine rings is 2. The van der Waals surface area contributed by atoms with Gasteiger partial charge >= 0.3 is 0 Å². The van der Waals surface area contributed by atoms with Gasteiger partial charge in [0.15, 0.2) is 0 Å². The molecule has 0 aliphatic carbocycles. The van der Waals surface area contributed by atoms with Crippen molar-refractivity contribution in [3.05, 3.63) is 87.4 Å². The van der Waals surface area contributed by atoms with Crippen molar-refractivity contribution >= 4 is 29.0 Å². The summed E-state index contributed by atoms with van der Waals surface area (Å²) in [6.45, 7) is 3.25. The van der Waals surface area contributed by atoms with Gasteiger partial charge in [-0.1, -0.05) is 29.8 Å². The van der Waals surface area contributed by atoms with Crippen LogP contribution >= 0.6 is 11.6 Å². The standard InChI is InChI=1S/C22H21ClN4O3/c23-19-4-2-1-3-16(19)14-27-15-17(5-8-21(27)28)22(29)25-18-6-7-20(24-13-18)26-9-11-30-12-10-26/h1-8,13,15H,9-12,14H2,(H,25,29). The van der Waals surface area contributed by atoms with Crippen LogP contribution in [-0.4, -0.2) is 41.8 Å². The highest BCUT2D eigenvalue weighted by molar-refractivity contribution is 6.31. The minimum atomic E-state index is -0.316. The van der Waals surface area contributed by atoms with Gasteiger partial charge < -0.3 is 19.5 Å². The van der Waals surface area contributed by atoms with Crippen molar-refractivity contribution in [2.45, 2.75) is 6.54 Å². The first-order valence-corrected chi connectivity index (χ1v) is 10.0. The zero-order valence-corrected chi connectivity index (χ0v) is 17.0. The first-order chi connectivity index (χ1) is 14.6. The van der Waals surface area contributed by atoms with E-state index in [1.807, 2.05) is 30.3 Å². The maximum Gasteiger partial charge on any atom is 0.257 e. The fourth-order valence-corrected chi connectivity index (χ4v) is 3.44. The zero-order valence-electron chi connectivity index (χ0n) is 16.3. The van der Waals surface area contributed by atoms with Crippen molar-refractivity contribution < 1.29 is 9.53 Å². The Kier molecular flexibility index (Phi) is 6.11. The Hall–Kier alpha value is -3.16. The first-order valence-electron chi connectivity index (χ1n) is 9.64. The van der Waals surface area contributed by atoms with Crippen molar-refractivity contribution in [2.24, 2.45) is 0 Å². The highest BCUT2D eigenvalue weighted by atomic mass is 35.5. The Morgan fingerprint density at radius 2 is 1.90 bits per heavy atom. The Bertz CT molecular complexity index is 1090. The first kappa shape index (κ1) is 20.1. The highest BCUT2D eigenvalue weighted by Gasteiger charge is 2.13. The smallest absolute Gasteiger partial charge is 0.257 e. The molecule has 1 aliphatic rings. The van der Waals surface area contributed by atoms with E-state index in [0.717, 1.165) is 24.5 Å². The number of carbonyl (C=O) groups excluding carboxylic acids is 1. The van der Waals surface area contributed by atoms with Crippen LogP contribution in [0.2, 0.25) is 5.02 Å². The molecule has 1 amide bonds. The number of hydrogen-bond acceptors (Lipinski definition) is 5. The number of amides is 1. The van der Waals surface area contributed by atoms with E-state index in [4.69, 9.17) is 16.3 Å². The monoisotopic (exact) mass is 424 g/mol. The van der Waals surface area contributed by atoms with Gasteiger partial charge in [-0.2, -0.15) is 0 Å². The summed E-state index contributed by atoms with van der Waals surface area (Å²) in [5, 5.41) is 3.40. The van der Waals surface area contributed by atoms with Crippen LogP contribution in [0.4, 0.5) is 11.5 Å². The van der Waals surface area contributed by atoms with Crippen molar-refractivity contribution in [1.82, 2.24) is 9.55 Å². The molecule has 1 aliphatic heterocycles. The van der Waals surface area contributed by atoms with Crippen molar-refractivity contribution in [3.63, 3.8) is 0 Å². The highest BCUT2D eigenvalue weighted by Crippen LogP contribution is 2.17. The number of nitrogens with zero attached hydrogens (tertiary/aromatic N) is 3. The Morgan fingerprint density at radius 3 is 2.63 bits per heavy atom. The van der Waals surface area contributed by atoms with Gasteiger partial charge in [-0.05, 0) is 29.8 Å². The molecule has 0 saturated carbocycles. The molecule has 3 heterocycles. The lowest BCUT2D eigenvalue weighted by molar-refractivity contribution is 0.102. The number of carbonyl (C=O) groups is 1. The summed E-state index contributed by atoms with van der Waals surface area (Å²) in [7, 11) is 0. The normalized spacial score (nSPS) is 13.8. The molecule has 0 radical (unpaired) electrons. The van der Waals surface area contributed by atoms with E-state index in [-0.39, 0.29) is 18.0 Å². The molecule has 4 rings (SSSR count). The lowest BCUT2D eigenvalue weighted by Gasteiger charge is -2.27. The summed E-state index contributed by atoms with van der Waals surface area (Å²) in [6.07, 6.45) is 3.17. The Labute approximate surface area is 178 Å². The molecule has 7 nitrogen and oxygen atoms in total. The molecule has 1 fully saturated rings. The SMILES string of the molecule is O=C(Nc1ccc(N2CCOCC2)nc1)c1ccc(=O)n(Cc2ccccc2Cl)c1. The van der Waals surface area contributed by atoms with Crippen LogP contribution in [-0.2, 0) is 11.3 Å². The maximum absolute atomic E-state index is 12.7. The molecule has 1 saturated heterocycles. The van der Waals surface area contributed by atoms with E-state index in [9.17, 15) is 9.59 Å². The topological polar surface area (TPSA) is 76.5 Å². The van der Waals surface area contributed by atoms with Gasteiger partial charge in [-0.15, -0.1) is 0 Å². The number of morpholine rings is 1. The molecule has 0 atom stereocenters. The van der Waals surface area contributed by atoms with Crippen LogP contribution < -0.4 is 15.8 Å². The number of rotatable bonds is 5. The second kappa shape index (κ2) is 9.11. The predicted molar refractivity (Wildman–Crippen MR) is 116 cm³/mol. The van der Waals surface area contributed by atoms with Crippen LogP contribution in [0.3, 0.4) is 0 Å². The van der Waals surface area contributed by atoms with Gasteiger partial charge in [-0.3, -0.25) is 9.59 Å². The summed E-state index contributed by atoms with van der Waals surface area (Å²) < 4.78 is 6.82. The van der Waals surface area contributed by atoms with Crippen molar-refractivity contribution in [2.75, 3.05) is 36.5 Å². The molecule has 3 aromatic rings. The zero-order chi connectivity index (χ0) is 20.9. The fraction of sp³-hybridized carbons (Fsp3) is 0.227. The van der Waals surface area contributed by atoms with Gasteiger partial charge in [0.2, 0.25) is 0 Å². The van der Waals surface area contributed by atoms with E-state index in [2.05, 4.69) is 15.2 Å². The lowest BCUT2D eigenvalue weighted by atomic mass is 10.2. The molecule has 8 heteroatoms. The molecular formula is C22H21ClN4O3. The van der Waals surface area contributed by atoms with Crippen molar-refractivity contribution in [1.29, 1.82) is 0 Å². The quantitative estimate of drug-likeness (QED) is 0.681. The van der Waals surface area contributed by atoms with E-state index in [0.29, 0.717) is 29.5 Å². The largest absolute Gasteiger partial charge is 0.378 e. The van der Waals surface area contributed by atoms with Gasteiger partial charge in [0.1, 0.15) is 5.82 Å². The average Bonchev–Trinajstić information content (AvgIpc) is 2.78. The van der Waals surface area contributed by atoms with Crippen LogP contribution in [0.15, 0.2) is 65.7 Å². The van der Waals surface area contributed by atoms with Gasteiger partial charge in [0.25, 0.3) is 11.5 Å². The van der Waals surface area contributed by atoms with E-state index >= 15 is 0 Å². The molecule has 0 unspecified atom stereocenters. The van der Waals surface area contributed by atoms with Gasteiger partial charge in [0, 0.05) is 30.4 Å². The minimum absolute atomic E-state index is 0.206. The van der Waals surface area contributed by atoms with E-state index in [1.165, 1.54) is 22.9 Å². The van der Waals surface area contributed by atoms with E-state index < -0.39 is 0 Å². The van der Waals surface area contributed by atoms with Crippen LogP contribution in [0, 0.1) is 0 Å². The molecule has 0 spiro atoms. The van der Waals surface area contributed by atoms with Crippen LogP contribution in [0.1, 0.15) is 15.9 Å². The molecule has 0 bridgehead atoms. The Morgan fingerprint density at radius 1 is 1.10 bits per heavy atom. The number of anilines is 2. The molecule has 2 aromatic heterocycles. The average molecular weight is 425 g/mol.